The van der Waals surface area contributed by atoms with Gasteiger partial charge in [-0.2, -0.15) is 0 Å². The molecular weight excluding hydrogens is 376 g/mol. The summed E-state index contributed by atoms with van der Waals surface area (Å²) in [4.78, 5) is 13.1. The van der Waals surface area contributed by atoms with Crippen molar-refractivity contribution >= 4 is 23.0 Å². The molecule has 0 heterocycles. The Labute approximate surface area is 168 Å². The van der Waals surface area contributed by atoms with Gasteiger partial charge in [0.15, 0.2) is 0 Å². The maximum Gasteiger partial charge on any atom is 0.314 e. The molecule has 152 valence electrons. The molecule has 0 atom stereocenters. The Balaban J connectivity index is 0. The van der Waals surface area contributed by atoms with Crippen LogP contribution in [0.4, 0.5) is 4.79 Å². The van der Waals surface area contributed by atoms with E-state index in [0.29, 0.717) is 0 Å². The van der Waals surface area contributed by atoms with Crippen molar-refractivity contribution in [1.29, 1.82) is 0 Å². The lowest BCUT2D eigenvalue weighted by Crippen LogP contribution is -2.37. The number of unbranched alkanes of at least 4 members (excludes halogenated alkanes) is 14. The van der Waals surface area contributed by atoms with E-state index in [1.165, 1.54) is 83.5 Å². The number of carbonyl (C=O) groups excluding carboxylic acids is 1. The average molecular weight is 422 g/mol. The Bertz CT molecular complexity index is 275. The van der Waals surface area contributed by atoms with Gasteiger partial charge in [-0.05, 0) is 12.8 Å². The first kappa shape index (κ1) is 27.0. The van der Waals surface area contributed by atoms with E-state index in [4.69, 9.17) is 5.73 Å². The van der Waals surface area contributed by atoms with E-state index >= 15 is 0 Å². The van der Waals surface area contributed by atoms with Crippen LogP contribution in [-0.4, -0.2) is 24.0 Å². The molecule has 0 aromatic carbocycles. The summed E-state index contributed by atoms with van der Waals surface area (Å²) in [7, 11) is 0. The van der Waals surface area contributed by atoms with Crippen molar-refractivity contribution < 1.29 is 4.79 Å². The van der Waals surface area contributed by atoms with Crippen molar-refractivity contribution in [3.8, 4) is 0 Å². The van der Waals surface area contributed by atoms with Gasteiger partial charge in [-0.15, -0.1) is 17.0 Å². The number of urea groups is 1. The third kappa shape index (κ3) is 19.9. The molecular formula is C21H45BrN2O. The first-order valence-corrected chi connectivity index (χ1v) is 10.8. The molecule has 0 saturated carbocycles. The molecule has 2 amide bonds. The molecule has 0 bridgehead atoms. The Morgan fingerprint density at radius 3 is 1.28 bits per heavy atom. The minimum absolute atomic E-state index is 0. The predicted molar refractivity (Wildman–Crippen MR) is 117 cm³/mol. The van der Waals surface area contributed by atoms with Crippen LogP contribution in [0.5, 0.6) is 0 Å². The first-order valence-electron chi connectivity index (χ1n) is 10.8. The zero-order chi connectivity index (χ0) is 17.9. The Kier molecular flexibility index (Phi) is 23.5. The molecule has 4 heteroatoms. The van der Waals surface area contributed by atoms with Gasteiger partial charge in [-0.3, -0.25) is 0 Å². The van der Waals surface area contributed by atoms with Crippen LogP contribution < -0.4 is 5.73 Å². The molecule has 0 aromatic rings. The van der Waals surface area contributed by atoms with Gasteiger partial charge in [0.1, 0.15) is 0 Å². The van der Waals surface area contributed by atoms with Crippen LogP contribution in [0.2, 0.25) is 0 Å². The summed E-state index contributed by atoms with van der Waals surface area (Å²) in [5.41, 5.74) is 5.42. The monoisotopic (exact) mass is 420 g/mol. The van der Waals surface area contributed by atoms with Crippen LogP contribution in [0.15, 0.2) is 0 Å². The number of nitrogens with two attached hydrogens (primary N) is 1. The highest BCUT2D eigenvalue weighted by Gasteiger charge is 2.07. The fraction of sp³-hybridized carbons (Fsp3) is 0.952. The number of nitrogens with zero attached hydrogens (tertiary/aromatic N) is 1. The van der Waals surface area contributed by atoms with Crippen LogP contribution in [0, 0.1) is 0 Å². The zero-order valence-corrected chi connectivity index (χ0v) is 18.8. The second-order valence-electron chi connectivity index (χ2n) is 7.28. The van der Waals surface area contributed by atoms with Crippen LogP contribution in [0.25, 0.3) is 0 Å². The molecule has 25 heavy (non-hydrogen) atoms. The molecule has 0 rings (SSSR count). The van der Waals surface area contributed by atoms with E-state index in [2.05, 4.69) is 13.8 Å². The Hall–Kier alpha value is -0.250. The van der Waals surface area contributed by atoms with Gasteiger partial charge in [-0.1, -0.05) is 104 Å². The Morgan fingerprint density at radius 2 is 0.920 bits per heavy atom. The minimum atomic E-state index is -0.252. The molecule has 0 aliphatic rings. The van der Waals surface area contributed by atoms with Gasteiger partial charge in [0, 0.05) is 13.1 Å². The number of hydrogen-bond donors (Lipinski definition) is 1. The topological polar surface area (TPSA) is 46.3 Å². The van der Waals surface area contributed by atoms with E-state index < -0.39 is 0 Å². The number of hydrogen-bond acceptors (Lipinski definition) is 1. The van der Waals surface area contributed by atoms with Crippen LogP contribution in [0.1, 0.15) is 117 Å². The van der Waals surface area contributed by atoms with Crippen molar-refractivity contribution in [2.75, 3.05) is 13.1 Å². The zero-order valence-electron chi connectivity index (χ0n) is 17.1. The molecule has 0 radical (unpaired) electrons. The molecule has 0 saturated heterocycles. The fourth-order valence-electron chi connectivity index (χ4n) is 3.18. The largest absolute Gasteiger partial charge is 0.351 e. The molecule has 0 aliphatic heterocycles. The second-order valence-corrected chi connectivity index (χ2v) is 7.28. The average Bonchev–Trinajstić information content (AvgIpc) is 2.57. The van der Waals surface area contributed by atoms with Gasteiger partial charge in [0.05, 0.1) is 0 Å². The number of rotatable bonds is 18. The maximum atomic E-state index is 11.3. The third-order valence-corrected chi connectivity index (χ3v) is 4.87. The second kappa shape index (κ2) is 21.8. The third-order valence-electron chi connectivity index (χ3n) is 4.87. The number of carbonyl (C=O) groups is 1. The fourth-order valence-corrected chi connectivity index (χ4v) is 3.18. The van der Waals surface area contributed by atoms with Crippen molar-refractivity contribution in [3.05, 3.63) is 0 Å². The van der Waals surface area contributed by atoms with E-state index in [1.54, 1.807) is 0 Å². The molecule has 3 nitrogen and oxygen atoms in total. The number of amides is 2. The van der Waals surface area contributed by atoms with Gasteiger partial charge >= 0.3 is 6.03 Å². The summed E-state index contributed by atoms with van der Waals surface area (Å²) in [6.45, 7) is 6.09. The molecule has 0 fully saturated rings. The summed E-state index contributed by atoms with van der Waals surface area (Å²) in [6.07, 6.45) is 21.3. The predicted octanol–water partition coefficient (Wildman–Crippen LogP) is 7.23. The van der Waals surface area contributed by atoms with E-state index in [9.17, 15) is 4.79 Å². The van der Waals surface area contributed by atoms with E-state index in [1.807, 2.05) is 4.90 Å². The van der Waals surface area contributed by atoms with Crippen molar-refractivity contribution in [2.24, 2.45) is 5.73 Å². The lowest BCUT2D eigenvalue weighted by Gasteiger charge is -2.19. The summed E-state index contributed by atoms with van der Waals surface area (Å²) >= 11 is 0. The summed E-state index contributed by atoms with van der Waals surface area (Å²) in [5.74, 6) is 0. The molecule has 0 unspecified atom stereocenters. The lowest BCUT2D eigenvalue weighted by atomic mass is 10.0. The lowest BCUT2D eigenvalue weighted by molar-refractivity contribution is 0.205. The standard InChI is InChI=1S/C21H44N2O.BrH/c1-3-5-7-8-9-10-11-12-13-14-15-16-17-18-20-23(21(22)24)19-6-4-2;/h3-20H2,1-2H3,(H2,22,24);1H. The van der Waals surface area contributed by atoms with Crippen molar-refractivity contribution in [2.45, 2.75) is 117 Å². The van der Waals surface area contributed by atoms with Crippen molar-refractivity contribution in [1.82, 2.24) is 4.90 Å². The van der Waals surface area contributed by atoms with Gasteiger partial charge < -0.3 is 10.6 Å². The minimum Gasteiger partial charge on any atom is -0.351 e. The van der Waals surface area contributed by atoms with Crippen LogP contribution in [-0.2, 0) is 0 Å². The highest BCUT2D eigenvalue weighted by atomic mass is 79.9. The van der Waals surface area contributed by atoms with Gasteiger partial charge in [0.25, 0.3) is 0 Å². The summed E-state index contributed by atoms with van der Waals surface area (Å²) < 4.78 is 0. The van der Waals surface area contributed by atoms with Gasteiger partial charge in [0.2, 0.25) is 0 Å². The van der Waals surface area contributed by atoms with Crippen LogP contribution >= 0.6 is 17.0 Å². The summed E-state index contributed by atoms with van der Waals surface area (Å²) in [5, 5.41) is 0. The van der Waals surface area contributed by atoms with E-state index in [-0.39, 0.29) is 23.0 Å². The molecule has 2 N–H and O–H groups in total. The maximum absolute atomic E-state index is 11.3. The molecule has 0 spiro atoms. The van der Waals surface area contributed by atoms with Crippen molar-refractivity contribution in [3.63, 3.8) is 0 Å². The first-order chi connectivity index (χ1) is 11.7. The number of primary amides is 1. The summed E-state index contributed by atoms with van der Waals surface area (Å²) in [6, 6.07) is -0.252. The quantitative estimate of drug-likeness (QED) is 0.233. The SMILES string of the molecule is Br.CCCCCCCCCCCCCCCCN(CCCC)C(N)=O. The van der Waals surface area contributed by atoms with E-state index in [0.717, 1.165) is 32.4 Å². The molecule has 0 aromatic heterocycles. The van der Waals surface area contributed by atoms with Gasteiger partial charge in [-0.25, -0.2) is 4.79 Å². The Morgan fingerprint density at radius 1 is 0.600 bits per heavy atom. The smallest absolute Gasteiger partial charge is 0.314 e. The van der Waals surface area contributed by atoms with Crippen LogP contribution in [0.3, 0.4) is 0 Å². The number of halogens is 1. The molecule has 0 aliphatic carbocycles. The normalized spacial score (nSPS) is 10.5. The highest BCUT2D eigenvalue weighted by Crippen LogP contribution is 2.13. The highest BCUT2D eigenvalue weighted by molar-refractivity contribution is 8.93.